The van der Waals surface area contributed by atoms with Gasteiger partial charge in [-0.2, -0.15) is 15.4 Å². The van der Waals surface area contributed by atoms with Crippen molar-refractivity contribution < 1.29 is 63.5 Å². The van der Waals surface area contributed by atoms with Crippen molar-refractivity contribution in [3.8, 4) is 41.2 Å². The molecule has 1 saturated heterocycles. The molecule has 4 aromatic rings. The van der Waals surface area contributed by atoms with Crippen molar-refractivity contribution in [3.05, 3.63) is 187 Å². The number of benzene rings is 4. The highest BCUT2D eigenvalue weighted by atomic mass is 17.3. The third-order valence-electron chi connectivity index (χ3n) is 18.7. The molecule has 8 saturated carbocycles. The van der Waals surface area contributed by atoms with Crippen molar-refractivity contribution in [1.29, 1.82) is 15.8 Å². The van der Waals surface area contributed by atoms with Gasteiger partial charge in [0.2, 0.25) is 0 Å². The standard InChI is InChI=1S/C35H30N2O7.C22H24O5.C13H8N2O/c1-37-30(19-36)28-17-26(42-32-6-4-3-5-27(28)32)9-7-22-16-23(8-10-33(39)40)31(38)18-29(22)35(41-2)34(43-44-35)24-12-20-11-21(14-24)15-25(34)13-20;1-27-22(21-15-5-12-4-13(7-15)8-16(21)6-12)18-10-19(24)14(2-3-20(25)26)9-17(18)11-23;1-9-6-12(10(7-14)8-15)11-4-2-3-5-13(11)16-9/h3-10,16-18,20-21,24-25,38H,11-15H2,2H3,(H,39,40);2-3,9-13,15-16,24H,4-8H2,1H3,(H,25,26);2-6H,1H3/b9-7+,10-8+,30-28+;3-2+,22-21?;. The lowest BCUT2D eigenvalue weighted by molar-refractivity contribution is -0.645. The van der Waals surface area contributed by atoms with Crippen LogP contribution in [0.5, 0.6) is 23.0 Å². The highest BCUT2D eigenvalue weighted by molar-refractivity contribution is 5.91. The molecule has 1 atom stereocenters. The zero-order valence-corrected chi connectivity index (χ0v) is 48.1. The number of phenolic OH excluding ortho intramolecular Hbond substituents is 2. The number of aromatic hydroxyl groups is 2. The number of carboxylic acid groups (broad SMARTS) is 2. The number of ether oxygens (including phenoxy) is 4. The fourth-order valence-corrected chi connectivity index (χ4v) is 15.7. The molecule has 4 aromatic carbocycles. The van der Waals surface area contributed by atoms with Crippen LogP contribution in [-0.4, -0.2) is 58.5 Å². The number of aliphatic carboxylic acids is 2. The number of hydrogen-bond donors (Lipinski definition) is 4. The molecule has 11 aliphatic rings. The Morgan fingerprint density at radius 2 is 1.20 bits per heavy atom. The molecule has 8 aliphatic carbocycles. The first-order chi connectivity index (χ1) is 42.1. The number of carboxylic acids is 2. The normalized spacial score (nSPS) is 27.6. The van der Waals surface area contributed by atoms with Gasteiger partial charge in [0.05, 0.1) is 19.8 Å². The molecule has 4 N–H and O–H groups in total. The van der Waals surface area contributed by atoms with Gasteiger partial charge in [-0.3, -0.25) is 4.79 Å². The van der Waals surface area contributed by atoms with Crippen LogP contribution < -0.4 is 9.47 Å². The van der Waals surface area contributed by atoms with Gasteiger partial charge in [-0.15, -0.1) is 0 Å². The second kappa shape index (κ2) is 24.3. The minimum atomic E-state index is -1.29. The Kier molecular flexibility index (Phi) is 16.5. The molecule has 17 heteroatoms. The van der Waals surface area contributed by atoms with Crippen LogP contribution >= 0.6 is 0 Å². The Balaban J connectivity index is 0.000000154. The number of para-hydroxylation sites is 2. The maximum absolute atomic E-state index is 11.7. The maximum atomic E-state index is 11.7. The number of phenols is 2. The van der Waals surface area contributed by atoms with E-state index in [9.17, 15) is 35.0 Å². The van der Waals surface area contributed by atoms with Gasteiger partial charge in [-0.1, -0.05) is 42.5 Å². The van der Waals surface area contributed by atoms with Crippen molar-refractivity contribution in [3.63, 3.8) is 0 Å². The Bertz CT molecular complexity index is 3870. The lowest BCUT2D eigenvalue weighted by Crippen LogP contribution is -2.76. The van der Waals surface area contributed by atoms with E-state index < -0.39 is 23.3 Å². The molecular weight excluding hydrogens is 1100 g/mol. The van der Waals surface area contributed by atoms with Crippen LogP contribution in [-0.2, 0) is 34.6 Å². The molecule has 8 bridgehead atoms. The molecule has 3 heterocycles. The zero-order chi connectivity index (χ0) is 61.3. The van der Waals surface area contributed by atoms with E-state index in [-0.39, 0.29) is 34.6 Å². The topological polar surface area (TPSA) is 263 Å². The molecule has 0 amide bonds. The van der Waals surface area contributed by atoms with Gasteiger partial charge >= 0.3 is 11.9 Å². The molecule has 1 unspecified atom stereocenters. The Morgan fingerprint density at radius 3 is 1.70 bits per heavy atom. The molecule has 0 radical (unpaired) electrons. The predicted octanol–water partition coefficient (Wildman–Crippen LogP) is 13.5. The molecule has 17 nitrogen and oxygen atoms in total. The number of aldehydes is 1. The Hall–Kier alpha value is -9.75. The summed E-state index contributed by atoms with van der Waals surface area (Å²) in [7, 11) is 3.21. The van der Waals surface area contributed by atoms with Crippen molar-refractivity contribution in [2.24, 2.45) is 47.3 Å². The monoisotopic (exact) mass is 1170 g/mol. The summed E-state index contributed by atoms with van der Waals surface area (Å²) >= 11 is 0. The maximum Gasteiger partial charge on any atom is 0.328 e. The summed E-state index contributed by atoms with van der Waals surface area (Å²) in [4.78, 5) is 49.3. The highest BCUT2D eigenvalue weighted by Gasteiger charge is 2.77. The first kappa shape index (κ1) is 59.0. The van der Waals surface area contributed by atoms with Gasteiger partial charge in [0, 0.05) is 69.4 Å². The number of allylic oxidation sites excluding steroid dienone is 9. The van der Waals surface area contributed by atoms with Gasteiger partial charge in [-0.05, 0) is 196 Å². The van der Waals surface area contributed by atoms with Crippen LogP contribution in [0.4, 0.5) is 0 Å². The number of carbonyl (C=O) groups excluding carboxylic acids is 1. The lowest BCUT2D eigenvalue weighted by Gasteiger charge is -2.68. The minimum Gasteiger partial charge on any atom is -0.507 e. The van der Waals surface area contributed by atoms with Gasteiger partial charge in [0.25, 0.3) is 11.5 Å². The largest absolute Gasteiger partial charge is 0.507 e. The average Bonchev–Trinajstić information content (AvgIpc) is 0.679. The van der Waals surface area contributed by atoms with E-state index in [0.717, 1.165) is 67.3 Å². The van der Waals surface area contributed by atoms with Crippen molar-refractivity contribution in [2.75, 3.05) is 14.2 Å². The van der Waals surface area contributed by atoms with Crippen molar-refractivity contribution in [2.45, 2.75) is 82.5 Å². The number of fused-ring (bicyclic) bond motifs is 2. The summed E-state index contributed by atoms with van der Waals surface area (Å²) < 4.78 is 23.7. The first-order valence-corrected chi connectivity index (χ1v) is 29.0. The Morgan fingerprint density at radius 1 is 0.655 bits per heavy atom. The van der Waals surface area contributed by atoms with Crippen LogP contribution in [0.15, 0.2) is 132 Å². The second-order valence-electron chi connectivity index (χ2n) is 23.7. The predicted molar refractivity (Wildman–Crippen MR) is 319 cm³/mol. The summed E-state index contributed by atoms with van der Waals surface area (Å²) in [6.07, 6.45) is 23.6. The molecule has 0 aromatic heterocycles. The minimum absolute atomic E-state index is 0.0553. The molecule has 1 spiro atoms. The van der Waals surface area contributed by atoms with Crippen molar-refractivity contribution >= 4 is 53.4 Å². The van der Waals surface area contributed by atoms with E-state index in [2.05, 4.69) is 4.85 Å². The van der Waals surface area contributed by atoms with Crippen molar-refractivity contribution in [1.82, 2.24) is 0 Å². The molecule has 15 rings (SSSR count). The summed E-state index contributed by atoms with van der Waals surface area (Å²) in [5.74, 6) is 3.71. The SMILES string of the molecule is CC1=CC(=C(C#N)C#N)c2ccccc2O1.COC(=C1C2CC3CC(C2)CC1C3)c1cc(O)c(/C=C/C(=O)O)cc1C=O.[C-]#[N+]\C(C#N)=C1/C=C(/C=C/c2cc(/C=C/C(=O)O)c(O)cc2C2(OC)OOC23C2CC4CC(C2)CC3C4)Oc2ccccc21. The van der Waals surface area contributed by atoms with E-state index in [1.807, 2.05) is 54.6 Å². The number of nitriles is 3. The van der Waals surface area contributed by atoms with Crippen LogP contribution in [0, 0.1) is 87.9 Å². The number of methoxy groups -OCH3 is 2. The molecule has 87 heavy (non-hydrogen) atoms. The van der Waals surface area contributed by atoms with E-state index >= 15 is 0 Å². The van der Waals surface area contributed by atoms with Gasteiger partial charge in [0.15, 0.2) is 11.9 Å². The molecular formula is C70H62N4O13. The fraction of sp³-hybridized carbons (Fsp3) is 0.329. The quantitative estimate of drug-likeness (QED) is 0.0272. The molecule has 440 valence electrons. The Labute approximate surface area is 503 Å². The van der Waals surface area contributed by atoms with Crippen LogP contribution in [0.3, 0.4) is 0 Å². The highest BCUT2D eigenvalue weighted by Crippen LogP contribution is 2.70. The van der Waals surface area contributed by atoms with E-state index in [1.165, 1.54) is 68.4 Å². The second-order valence-corrected chi connectivity index (χ2v) is 23.7. The summed E-state index contributed by atoms with van der Waals surface area (Å²) in [6.45, 7) is 9.30. The number of hydrogen-bond acceptors (Lipinski definition) is 14. The van der Waals surface area contributed by atoms with Gasteiger partial charge < -0.3 is 39.4 Å². The number of carbonyl (C=O) groups is 3. The molecule has 3 aliphatic heterocycles. The third-order valence-corrected chi connectivity index (χ3v) is 18.7. The van der Waals surface area contributed by atoms with Gasteiger partial charge in [0.1, 0.15) is 58.0 Å². The number of nitrogens with zero attached hydrogens (tertiary/aromatic N) is 4. The van der Waals surface area contributed by atoms with E-state index in [1.54, 1.807) is 69.7 Å². The molecule has 9 fully saturated rings. The van der Waals surface area contributed by atoms with E-state index in [4.69, 9.17) is 50.9 Å². The van der Waals surface area contributed by atoms with Gasteiger partial charge in [-0.25, -0.2) is 24.6 Å². The number of rotatable bonds is 11. The van der Waals surface area contributed by atoms with Crippen LogP contribution in [0.25, 0.3) is 40.0 Å². The smallest absolute Gasteiger partial charge is 0.328 e. The third kappa shape index (κ3) is 10.9. The average molecular weight is 1170 g/mol. The lowest BCUT2D eigenvalue weighted by atomic mass is 9.47. The summed E-state index contributed by atoms with van der Waals surface area (Å²) in [6, 6.07) is 26.6. The van der Waals surface area contributed by atoms with Crippen LogP contribution in [0.1, 0.15) is 120 Å². The fourth-order valence-electron chi connectivity index (χ4n) is 15.7. The summed E-state index contributed by atoms with van der Waals surface area (Å²) in [5.41, 5.74) is 5.91. The van der Waals surface area contributed by atoms with Crippen LogP contribution in [0.2, 0.25) is 0 Å². The zero-order valence-electron chi connectivity index (χ0n) is 48.1. The van der Waals surface area contributed by atoms with E-state index in [0.29, 0.717) is 96.8 Å². The summed E-state index contributed by atoms with van der Waals surface area (Å²) in [5, 5.41) is 66.9. The first-order valence-electron chi connectivity index (χ1n) is 29.0.